The van der Waals surface area contributed by atoms with Gasteiger partial charge in [-0.25, -0.2) is 4.68 Å². The zero-order valence-electron chi connectivity index (χ0n) is 21.5. The summed E-state index contributed by atoms with van der Waals surface area (Å²) in [5.74, 6) is 1.74. The molecule has 0 bridgehead atoms. The van der Waals surface area contributed by atoms with Gasteiger partial charge in [-0.05, 0) is 68.3 Å². The van der Waals surface area contributed by atoms with Crippen LogP contribution in [-0.4, -0.2) is 47.0 Å². The van der Waals surface area contributed by atoms with Crippen molar-refractivity contribution in [3.05, 3.63) is 101 Å². The Labute approximate surface area is 227 Å². The molecule has 1 saturated heterocycles. The molecule has 0 aliphatic carbocycles. The molecular weight excluding hydrogens is 502 g/mol. The van der Waals surface area contributed by atoms with Gasteiger partial charge < -0.3 is 19.1 Å². The van der Waals surface area contributed by atoms with Crippen LogP contribution >= 0.6 is 11.6 Å². The molecule has 0 radical (unpaired) electrons. The number of aryl methyl sites for hydroxylation is 1. The Balaban J connectivity index is 1.54. The maximum absolute atomic E-state index is 13.7. The van der Waals surface area contributed by atoms with Crippen LogP contribution in [0.25, 0.3) is 5.69 Å². The molecule has 0 saturated carbocycles. The minimum atomic E-state index is -0.101. The molecule has 196 valence electrons. The highest BCUT2D eigenvalue weighted by Gasteiger charge is 2.28. The first-order valence-corrected chi connectivity index (χ1v) is 13.0. The highest BCUT2D eigenvalue weighted by atomic mass is 35.5. The molecule has 5 rings (SSSR count). The van der Waals surface area contributed by atoms with E-state index in [1.807, 2.05) is 66.4 Å². The van der Waals surface area contributed by atoms with Gasteiger partial charge in [0.2, 0.25) is 5.88 Å². The highest BCUT2D eigenvalue weighted by molar-refractivity contribution is 6.30. The van der Waals surface area contributed by atoms with Gasteiger partial charge in [-0.15, -0.1) is 0 Å². The molecule has 2 heterocycles. The van der Waals surface area contributed by atoms with Crippen molar-refractivity contribution >= 4 is 17.5 Å². The molecule has 1 fully saturated rings. The van der Waals surface area contributed by atoms with E-state index >= 15 is 0 Å². The van der Waals surface area contributed by atoms with Crippen LogP contribution in [0, 0.1) is 6.92 Å². The number of hydrogen-bond donors (Lipinski definition) is 0. The first-order valence-electron chi connectivity index (χ1n) is 12.6. The van der Waals surface area contributed by atoms with Gasteiger partial charge >= 0.3 is 0 Å². The topological polar surface area (TPSA) is 65.8 Å². The van der Waals surface area contributed by atoms with Crippen molar-refractivity contribution < 1.29 is 19.0 Å². The van der Waals surface area contributed by atoms with Crippen molar-refractivity contribution in [2.24, 2.45) is 0 Å². The van der Waals surface area contributed by atoms with E-state index in [1.54, 1.807) is 36.1 Å². The molecule has 0 spiro atoms. The zero-order valence-corrected chi connectivity index (χ0v) is 22.2. The van der Waals surface area contributed by atoms with Gasteiger partial charge in [0.1, 0.15) is 11.5 Å². The average Bonchev–Trinajstić information content (AvgIpc) is 3.57. The molecule has 8 heteroatoms. The van der Waals surface area contributed by atoms with Gasteiger partial charge in [-0.3, -0.25) is 4.79 Å². The Morgan fingerprint density at radius 2 is 1.84 bits per heavy atom. The molecule has 1 atom stereocenters. The molecule has 38 heavy (non-hydrogen) atoms. The Kier molecular flexibility index (Phi) is 7.96. The molecular formula is C30H30ClN3O4. The SMILES string of the molecule is COc1cccc(Oc2c(CN(C[C@H]3CCCO3)C(=O)c3ccc(Cl)cc3)c(C)nn2-c2ccccc2)c1. The summed E-state index contributed by atoms with van der Waals surface area (Å²) in [5.41, 5.74) is 3.01. The summed E-state index contributed by atoms with van der Waals surface area (Å²) in [6, 6.07) is 24.2. The van der Waals surface area contributed by atoms with Crippen LogP contribution < -0.4 is 9.47 Å². The van der Waals surface area contributed by atoms with Crippen LogP contribution in [0.1, 0.15) is 34.5 Å². The van der Waals surface area contributed by atoms with E-state index in [0.717, 1.165) is 29.8 Å². The van der Waals surface area contributed by atoms with E-state index in [-0.39, 0.29) is 12.0 Å². The number of carbonyl (C=O) groups is 1. The first-order chi connectivity index (χ1) is 18.5. The molecule has 1 aromatic heterocycles. The fourth-order valence-corrected chi connectivity index (χ4v) is 4.69. The molecule has 0 N–H and O–H groups in total. The fourth-order valence-electron chi connectivity index (χ4n) is 4.57. The molecule has 1 aliphatic heterocycles. The van der Waals surface area contributed by atoms with E-state index < -0.39 is 0 Å². The second kappa shape index (κ2) is 11.7. The van der Waals surface area contributed by atoms with Crippen molar-refractivity contribution in [1.82, 2.24) is 14.7 Å². The van der Waals surface area contributed by atoms with Gasteiger partial charge in [-0.1, -0.05) is 35.9 Å². The molecule has 1 amide bonds. The van der Waals surface area contributed by atoms with E-state index in [4.69, 9.17) is 30.9 Å². The van der Waals surface area contributed by atoms with Crippen molar-refractivity contribution in [2.45, 2.75) is 32.4 Å². The van der Waals surface area contributed by atoms with Gasteiger partial charge in [-0.2, -0.15) is 5.10 Å². The number of para-hydroxylation sites is 1. The van der Waals surface area contributed by atoms with Crippen molar-refractivity contribution in [2.75, 3.05) is 20.3 Å². The summed E-state index contributed by atoms with van der Waals surface area (Å²) in [6.07, 6.45) is 1.89. The summed E-state index contributed by atoms with van der Waals surface area (Å²) >= 11 is 6.08. The smallest absolute Gasteiger partial charge is 0.254 e. The summed E-state index contributed by atoms with van der Waals surface area (Å²) < 4.78 is 19.5. The minimum absolute atomic E-state index is 0.0153. The van der Waals surface area contributed by atoms with E-state index in [9.17, 15) is 4.79 Å². The van der Waals surface area contributed by atoms with E-state index in [1.165, 1.54) is 0 Å². The summed E-state index contributed by atoms with van der Waals surface area (Å²) in [6.45, 7) is 3.42. The van der Waals surface area contributed by atoms with E-state index in [0.29, 0.717) is 47.7 Å². The number of hydrogen-bond acceptors (Lipinski definition) is 5. The predicted molar refractivity (Wildman–Crippen MR) is 147 cm³/mol. The van der Waals surface area contributed by atoms with Crippen LogP contribution in [0.15, 0.2) is 78.9 Å². The fraction of sp³-hybridized carbons (Fsp3) is 0.267. The third kappa shape index (κ3) is 5.85. The highest BCUT2D eigenvalue weighted by Crippen LogP contribution is 2.33. The van der Waals surface area contributed by atoms with Gasteiger partial charge in [0.25, 0.3) is 5.91 Å². The lowest BCUT2D eigenvalue weighted by atomic mass is 10.1. The van der Waals surface area contributed by atoms with Crippen molar-refractivity contribution in [1.29, 1.82) is 0 Å². The lowest BCUT2D eigenvalue weighted by Gasteiger charge is -2.26. The summed E-state index contributed by atoms with van der Waals surface area (Å²) in [4.78, 5) is 15.5. The third-order valence-corrected chi connectivity index (χ3v) is 6.82. The van der Waals surface area contributed by atoms with Crippen LogP contribution in [0.4, 0.5) is 0 Å². The van der Waals surface area contributed by atoms with Crippen LogP contribution in [-0.2, 0) is 11.3 Å². The normalized spacial score (nSPS) is 14.9. The zero-order chi connectivity index (χ0) is 26.5. The first kappa shape index (κ1) is 25.8. The summed E-state index contributed by atoms with van der Waals surface area (Å²) in [5, 5.41) is 5.41. The van der Waals surface area contributed by atoms with Gasteiger partial charge in [0.15, 0.2) is 0 Å². The Morgan fingerprint density at radius 3 is 2.55 bits per heavy atom. The third-order valence-electron chi connectivity index (χ3n) is 6.57. The number of aromatic nitrogens is 2. The Bertz CT molecular complexity index is 1380. The maximum atomic E-state index is 13.7. The number of carbonyl (C=O) groups excluding carboxylic acids is 1. The standard InChI is InChI=1S/C30H30ClN3O4/c1-21-28(20-33(19-27-12-7-17-37-27)29(35)22-13-15-23(31)16-14-22)30(34(32-21)24-8-4-3-5-9-24)38-26-11-6-10-25(18-26)36-2/h3-6,8-11,13-16,18,27H,7,12,17,19-20H2,1-2H3/t27-/m1/s1. The van der Waals surface area contributed by atoms with Crippen LogP contribution in [0.2, 0.25) is 5.02 Å². The lowest BCUT2D eigenvalue weighted by Crippen LogP contribution is -2.37. The van der Waals surface area contributed by atoms with E-state index in [2.05, 4.69) is 0 Å². The second-order valence-electron chi connectivity index (χ2n) is 9.23. The predicted octanol–water partition coefficient (Wildman–Crippen LogP) is 6.46. The maximum Gasteiger partial charge on any atom is 0.254 e. The lowest BCUT2D eigenvalue weighted by molar-refractivity contribution is 0.0505. The second-order valence-corrected chi connectivity index (χ2v) is 9.66. The number of ether oxygens (including phenoxy) is 3. The number of methoxy groups -OCH3 is 1. The molecule has 0 unspecified atom stereocenters. The Hall–Kier alpha value is -3.81. The Morgan fingerprint density at radius 1 is 1.08 bits per heavy atom. The van der Waals surface area contributed by atoms with Crippen LogP contribution in [0.5, 0.6) is 17.4 Å². The van der Waals surface area contributed by atoms with Crippen molar-refractivity contribution in [3.8, 4) is 23.1 Å². The molecule has 1 aliphatic rings. The monoisotopic (exact) mass is 531 g/mol. The number of halogens is 1. The largest absolute Gasteiger partial charge is 0.497 e. The molecule has 3 aromatic carbocycles. The van der Waals surface area contributed by atoms with Crippen molar-refractivity contribution in [3.63, 3.8) is 0 Å². The summed E-state index contributed by atoms with van der Waals surface area (Å²) in [7, 11) is 1.62. The number of rotatable bonds is 9. The number of nitrogens with zero attached hydrogens (tertiary/aromatic N) is 3. The minimum Gasteiger partial charge on any atom is -0.497 e. The number of benzene rings is 3. The number of amides is 1. The van der Waals surface area contributed by atoms with Gasteiger partial charge in [0, 0.05) is 29.8 Å². The average molecular weight is 532 g/mol. The molecule has 7 nitrogen and oxygen atoms in total. The van der Waals surface area contributed by atoms with Gasteiger partial charge in [0.05, 0.1) is 36.7 Å². The molecule has 4 aromatic rings. The quantitative estimate of drug-likeness (QED) is 0.248. The van der Waals surface area contributed by atoms with Crippen LogP contribution in [0.3, 0.4) is 0 Å².